The van der Waals surface area contributed by atoms with Crippen molar-refractivity contribution in [2.75, 3.05) is 5.73 Å². The Bertz CT molecular complexity index is 629. The number of carbonyl (C=O) groups is 1. The number of carbonyl (C=O) groups excluding carboxylic acids is 1. The normalized spacial score (nSPS) is 19.6. The maximum absolute atomic E-state index is 12.0. The van der Waals surface area contributed by atoms with E-state index >= 15 is 0 Å². The van der Waals surface area contributed by atoms with Crippen molar-refractivity contribution in [2.24, 2.45) is 13.0 Å². The van der Waals surface area contributed by atoms with Crippen LogP contribution in [0.25, 0.3) is 11.0 Å². The first kappa shape index (κ1) is 10.3. The lowest BCUT2D eigenvalue weighted by Crippen LogP contribution is -2.21. The van der Waals surface area contributed by atoms with E-state index in [1.165, 1.54) is 0 Å². The van der Waals surface area contributed by atoms with E-state index in [1.807, 2.05) is 7.05 Å². The Morgan fingerprint density at radius 3 is 3.00 bits per heavy atom. The Kier molecular flexibility index (Phi) is 1.98. The van der Waals surface area contributed by atoms with Gasteiger partial charge < -0.3 is 5.73 Å². The fourth-order valence-corrected chi connectivity index (χ4v) is 2.51. The van der Waals surface area contributed by atoms with Crippen LogP contribution < -0.4 is 5.73 Å². The summed E-state index contributed by atoms with van der Waals surface area (Å²) in [6.45, 7) is 2.06. The molecule has 17 heavy (non-hydrogen) atoms. The summed E-state index contributed by atoms with van der Waals surface area (Å²) >= 11 is 0. The molecule has 0 amide bonds. The molecule has 0 unspecified atom stereocenters. The SMILES string of the molecule is C[C@@H]1CC(=O)c2c(nc3c(cnn3C)c2N)C1. The highest BCUT2D eigenvalue weighted by Gasteiger charge is 2.27. The molecule has 2 heterocycles. The Morgan fingerprint density at radius 1 is 1.47 bits per heavy atom. The number of fused-ring (bicyclic) bond motifs is 2. The summed E-state index contributed by atoms with van der Waals surface area (Å²) in [4.78, 5) is 16.6. The van der Waals surface area contributed by atoms with Gasteiger partial charge in [0.2, 0.25) is 0 Å². The van der Waals surface area contributed by atoms with Crippen LogP contribution in [0.4, 0.5) is 5.69 Å². The van der Waals surface area contributed by atoms with Crippen molar-refractivity contribution in [3.63, 3.8) is 0 Å². The molecular weight excluding hydrogens is 216 g/mol. The van der Waals surface area contributed by atoms with Gasteiger partial charge in [-0.25, -0.2) is 4.98 Å². The molecule has 1 atom stereocenters. The average Bonchev–Trinajstić information content (AvgIpc) is 2.60. The summed E-state index contributed by atoms with van der Waals surface area (Å²) in [6, 6.07) is 0. The molecule has 0 spiro atoms. The minimum atomic E-state index is 0.106. The Labute approximate surface area is 98.6 Å². The summed E-state index contributed by atoms with van der Waals surface area (Å²) in [5.74, 6) is 0.446. The monoisotopic (exact) mass is 230 g/mol. The van der Waals surface area contributed by atoms with Gasteiger partial charge in [-0.15, -0.1) is 0 Å². The van der Waals surface area contributed by atoms with E-state index in [0.29, 0.717) is 23.6 Å². The van der Waals surface area contributed by atoms with Gasteiger partial charge in [-0.2, -0.15) is 5.10 Å². The fourth-order valence-electron chi connectivity index (χ4n) is 2.51. The van der Waals surface area contributed by atoms with Crippen LogP contribution in [-0.2, 0) is 13.5 Å². The zero-order valence-corrected chi connectivity index (χ0v) is 9.90. The predicted octanol–water partition coefficient (Wildman–Crippen LogP) is 1.32. The topological polar surface area (TPSA) is 73.8 Å². The first-order valence-corrected chi connectivity index (χ1v) is 5.71. The molecule has 0 aromatic carbocycles. The second-order valence-electron chi connectivity index (χ2n) is 4.79. The van der Waals surface area contributed by atoms with E-state index in [1.54, 1.807) is 10.9 Å². The molecule has 0 saturated heterocycles. The number of rotatable bonds is 0. The van der Waals surface area contributed by atoms with Crippen molar-refractivity contribution < 1.29 is 4.79 Å². The summed E-state index contributed by atoms with van der Waals surface area (Å²) < 4.78 is 1.69. The largest absolute Gasteiger partial charge is 0.397 e. The zero-order chi connectivity index (χ0) is 12.2. The van der Waals surface area contributed by atoms with Gasteiger partial charge in [0.1, 0.15) is 0 Å². The number of hydrogen-bond acceptors (Lipinski definition) is 4. The van der Waals surface area contributed by atoms with E-state index in [0.717, 1.165) is 23.1 Å². The molecule has 0 saturated carbocycles. The van der Waals surface area contributed by atoms with Crippen molar-refractivity contribution >= 4 is 22.5 Å². The molecule has 5 nitrogen and oxygen atoms in total. The number of ketones is 1. The molecule has 3 rings (SSSR count). The number of hydrogen-bond donors (Lipinski definition) is 1. The average molecular weight is 230 g/mol. The molecule has 1 aliphatic carbocycles. The lowest BCUT2D eigenvalue weighted by atomic mass is 9.86. The van der Waals surface area contributed by atoms with Gasteiger partial charge in [-0.05, 0) is 12.3 Å². The standard InChI is InChI=1S/C12H14N4O/c1-6-3-8-10(9(17)4-6)11(13)7-5-14-16(2)12(7)15-8/h5-6H,3-4H2,1-2H3,(H2,13,15)/t6-/m0/s1. The van der Waals surface area contributed by atoms with Crippen molar-refractivity contribution in [3.8, 4) is 0 Å². The molecule has 1 aliphatic rings. The first-order valence-electron chi connectivity index (χ1n) is 5.71. The molecule has 2 aromatic rings. The third-order valence-corrected chi connectivity index (χ3v) is 3.35. The Hall–Kier alpha value is -1.91. The molecule has 0 radical (unpaired) electrons. The van der Waals surface area contributed by atoms with Gasteiger partial charge in [0, 0.05) is 13.5 Å². The van der Waals surface area contributed by atoms with Crippen LogP contribution in [0.5, 0.6) is 0 Å². The molecular formula is C12H14N4O. The number of aryl methyl sites for hydroxylation is 1. The molecule has 0 aliphatic heterocycles. The van der Waals surface area contributed by atoms with Crippen LogP contribution in [0.15, 0.2) is 6.20 Å². The quantitative estimate of drug-likeness (QED) is 0.740. The number of nitrogens with two attached hydrogens (primary N) is 1. The van der Waals surface area contributed by atoms with Crippen LogP contribution in [-0.4, -0.2) is 20.5 Å². The molecule has 2 aromatic heterocycles. The van der Waals surface area contributed by atoms with E-state index in [2.05, 4.69) is 17.0 Å². The van der Waals surface area contributed by atoms with Gasteiger partial charge in [0.05, 0.1) is 28.5 Å². The van der Waals surface area contributed by atoms with Gasteiger partial charge >= 0.3 is 0 Å². The lowest BCUT2D eigenvalue weighted by molar-refractivity contribution is 0.0953. The summed E-state index contributed by atoms with van der Waals surface area (Å²) in [5, 5.41) is 4.91. The van der Waals surface area contributed by atoms with Crippen LogP contribution >= 0.6 is 0 Å². The highest BCUT2D eigenvalue weighted by molar-refractivity contribution is 6.08. The maximum Gasteiger partial charge on any atom is 0.167 e. The smallest absolute Gasteiger partial charge is 0.167 e. The summed E-state index contributed by atoms with van der Waals surface area (Å²) in [5.41, 5.74) is 8.80. The lowest BCUT2D eigenvalue weighted by Gasteiger charge is -2.21. The van der Waals surface area contributed by atoms with Crippen LogP contribution in [0, 0.1) is 5.92 Å². The van der Waals surface area contributed by atoms with Gasteiger partial charge in [-0.1, -0.05) is 6.92 Å². The van der Waals surface area contributed by atoms with Gasteiger partial charge in [-0.3, -0.25) is 9.48 Å². The fraction of sp³-hybridized carbons (Fsp3) is 0.417. The van der Waals surface area contributed by atoms with E-state index in [4.69, 9.17) is 5.73 Å². The maximum atomic E-state index is 12.0. The number of nitrogen functional groups attached to an aromatic ring is 1. The Morgan fingerprint density at radius 2 is 2.24 bits per heavy atom. The first-order chi connectivity index (χ1) is 8.08. The third-order valence-electron chi connectivity index (χ3n) is 3.35. The second kappa shape index (κ2) is 3.29. The number of anilines is 1. The zero-order valence-electron chi connectivity index (χ0n) is 9.90. The number of Topliss-reactive ketones (excluding diaryl/α,β-unsaturated/α-hetero) is 1. The number of pyridine rings is 1. The number of nitrogens with zero attached hydrogens (tertiary/aromatic N) is 3. The highest BCUT2D eigenvalue weighted by atomic mass is 16.1. The van der Waals surface area contributed by atoms with Crippen LogP contribution in [0.2, 0.25) is 0 Å². The molecule has 2 N–H and O–H groups in total. The van der Waals surface area contributed by atoms with Gasteiger partial charge in [0.15, 0.2) is 11.4 Å². The van der Waals surface area contributed by atoms with Crippen molar-refractivity contribution in [2.45, 2.75) is 19.8 Å². The van der Waals surface area contributed by atoms with E-state index in [-0.39, 0.29) is 5.78 Å². The molecule has 0 fully saturated rings. The molecule has 88 valence electrons. The van der Waals surface area contributed by atoms with E-state index < -0.39 is 0 Å². The van der Waals surface area contributed by atoms with Crippen molar-refractivity contribution in [1.29, 1.82) is 0 Å². The van der Waals surface area contributed by atoms with Crippen LogP contribution in [0.3, 0.4) is 0 Å². The van der Waals surface area contributed by atoms with Gasteiger partial charge in [0.25, 0.3) is 0 Å². The van der Waals surface area contributed by atoms with Crippen molar-refractivity contribution in [1.82, 2.24) is 14.8 Å². The molecule has 5 heteroatoms. The summed E-state index contributed by atoms with van der Waals surface area (Å²) in [7, 11) is 1.83. The van der Waals surface area contributed by atoms with Crippen LogP contribution in [0.1, 0.15) is 29.4 Å². The van der Waals surface area contributed by atoms with Crippen molar-refractivity contribution in [3.05, 3.63) is 17.5 Å². The minimum Gasteiger partial charge on any atom is -0.397 e. The van der Waals surface area contributed by atoms with E-state index in [9.17, 15) is 4.79 Å². The Balaban J connectivity index is 2.36. The number of aromatic nitrogens is 3. The predicted molar refractivity (Wildman–Crippen MR) is 64.7 cm³/mol. The molecule has 0 bridgehead atoms. The highest BCUT2D eigenvalue weighted by Crippen LogP contribution is 2.32. The summed E-state index contributed by atoms with van der Waals surface area (Å²) in [6.07, 6.45) is 3.04. The second-order valence-corrected chi connectivity index (χ2v) is 4.79. The minimum absolute atomic E-state index is 0.106. The third kappa shape index (κ3) is 1.35.